The van der Waals surface area contributed by atoms with Gasteiger partial charge in [0.25, 0.3) is 5.91 Å². The summed E-state index contributed by atoms with van der Waals surface area (Å²) in [4.78, 5) is 24.1. The summed E-state index contributed by atoms with van der Waals surface area (Å²) in [7, 11) is 0. The number of nitrogens with zero attached hydrogens (tertiary/aromatic N) is 5. The molecule has 1 amide bonds. The minimum Gasteiger partial charge on any atom is -0.368 e. The SMILES string of the molecule is CCN1CCn2cc(C(=O)N3CCN(c4ccccc4)CC3)nc2C1. The van der Waals surface area contributed by atoms with E-state index in [9.17, 15) is 4.79 Å². The zero-order valence-corrected chi connectivity index (χ0v) is 14.8. The van der Waals surface area contributed by atoms with Gasteiger partial charge in [-0.05, 0) is 18.7 Å². The van der Waals surface area contributed by atoms with Crippen LogP contribution in [0, 0.1) is 0 Å². The van der Waals surface area contributed by atoms with Gasteiger partial charge in [0.2, 0.25) is 0 Å². The number of imidazole rings is 1. The van der Waals surface area contributed by atoms with Crippen LogP contribution in [0.4, 0.5) is 5.69 Å². The normalized spacial score (nSPS) is 18.3. The molecule has 0 spiro atoms. The minimum absolute atomic E-state index is 0.0673. The molecule has 0 aliphatic carbocycles. The van der Waals surface area contributed by atoms with Crippen molar-refractivity contribution in [1.29, 1.82) is 0 Å². The van der Waals surface area contributed by atoms with Gasteiger partial charge in [0.1, 0.15) is 11.5 Å². The first-order valence-electron chi connectivity index (χ1n) is 9.12. The summed E-state index contributed by atoms with van der Waals surface area (Å²) in [5, 5.41) is 0. The summed E-state index contributed by atoms with van der Waals surface area (Å²) in [6.07, 6.45) is 1.94. The Balaban J connectivity index is 1.40. The Morgan fingerprint density at radius 2 is 1.80 bits per heavy atom. The number of benzene rings is 1. The van der Waals surface area contributed by atoms with Crippen molar-refractivity contribution in [2.24, 2.45) is 0 Å². The Kier molecular flexibility index (Phi) is 4.44. The number of fused-ring (bicyclic) bond motifs is 1. The van der Waals surface area contributed by atoms with E-state index in [1.54, 1.807) is 0 Å². The van der Waals surface area contributed by atoms with Crippen molar-refractivity contribution in [3.05, 3.63) is 48.0 Å². The molecular formula is C19H25N5O. The van der Waals surface area contributed by atoms with Crippen LogP contribution in [0.3, 0.4) is 0 Å². The molecule has 6 nitrogen and oxygen atoms in total. The number of anilines is 1. The lowest BCUT2D eigenvalue weighted by atomic mass is 10.2. The highest BCUT2D eigenvalue weighted by Gasteiger charge is 2.26. The van der Waals surface area contributed by atoms with Crippen molar-refractivity contribution in [2.45, 2.75) is 20.0 Å². The van der Waals surface area contributed by atoms with Gasteiger partial charge >= 0.3 is 0 Å². The van der Waals surface area contributed by atoms with E-state index in [0.29, 0.717) is 5.69 Å². The fourth-order valence-corrected chi connectivity index (χ4v) is 3.64. The molecule has 0 unspecified atom stereocenters. The molecule has 132 valence electrons. The van der Waals surface area contributed by atoms with Gasteiger partial charge in [-0.2, -0.15) is 0 Å². The number of amides is 1. The number of aromatic nitrogens is 2. The van der Waals surface area contributed by atoms with Crippen LogP contribution >= 0.6 is 0 Å². The van der Waals surface area contributed by atoms with E-state index in [4.69, 9.17) is 0 Å². The van der Waals surface area contributed by atoms with Crippen LogP contribution in [-0.2, 0) is 13.1 Å². The van der Waals surface area contributed by atoms with Gasteiger partial charge in [-0.25, -0.2) is 4.98 Å². The van der Waals surface area contributed by atoms with Crippen molar-refractivity contribution in [2.75, 3.05) is 44.2 Å². The highest BCUT2D eigenvalue weighted by atomic mass is 16.2. The largest absolute Gasteiger partial charge is 0.368 e. The average molecular weight is 339 g/mol. The third-order valence-corrected chi connectivity index (χ3v) is 5.24. The first-order chi connectivity index (χ1) is 12.2. The van der Waals surface area contributed by atoms with E-state index in [-0.39, 0.29) is 5.91 Å². The van der Waals surface area contributed by atoms with E-state index in [1.165, 1.54) is 5.69 Å². The van der Waals surface area contributed by atoms with Crippen LogP contribution in [0.25, 0.3) is 0 Å². The molecule has 1 aromatic carbocycles. The molecule has 0 radical (unpaired) electrons. The fourth-order valence-electron chi connectivity index (χ4n) is 3.64. The quantitative estimate of drug-likeness (QED) is 0.853. The Morgan fingerprint density at radius 3 is 2.52 bits per heavy atom. The van der Waals surface area contributed by atoms with Crippen LogP contribution in [0.5, 0.6) is 0 Å². The number of rotatable bonds is 3. The third-order valence-electron chi connectivity index (χ3n) is 5.24. The molecule has 0 saturated carbocycles. The molecule has 0 atom stereocenters. The summed E-state index contributed by atoms with van der Waals surface area (Å²) in [5.41, 5.74) is 1.83. The van der Waals surface area contributed by atoms with Crippen molar-refractivity contribution < 1.29 is 4.79 Å². The molecule has 0 bridgehead atoms. The van der Waals surface area contributed by atoms with Crippen LogP contribution in [-0.4, -0.2) is 64.5 Å². The van der Waals surface area contributed by atoms with E-state index in [2.05, 4.69) is 50.5 Å². The summed E-state index contributed by atoms with van der Waals surface area (Å²) >= 11 is 0. The second kappa shape index (κ2) is 6.88. The van der Waals surface area contributed by atoms with Crippen molar-refractivity contribution in [3.63, 3.8) is 0 Å². The Morgan fingerprint density at radius 1 is 1.04 bits per heavy atom. The lowest BCUT2D eigenvalue weighted by Gasteiger charge is -2.35. The van der Waals surface area contributed by atoms with Crippen LogP contribution in [0.1, 0.15) is 23.2 Å². The topological polar surface area (TPSA) is 44.6 Å². The van der Waals surface area contributed by atoms with E-state index >= 15 is 0 Å². The second-order valence-electron chi connectivity index (χ2n) is 6.72. The molecule has 1 fully saturated rings. The van der Waals surface area contributed by atoms with E-state index in [0.717, 1.165) is 58.2 Å². The van der Waals surface area contributed by atoms with Gasteiger partial charge in [-0.3, -0.25) is 9.69 Å². The number of piperazine rings is 1. The number of para-hydroxylation sites is 1. The summed E-state index contributed by atoms with van der Waals surface area (Å²) in [6.45, 7) is 9.21. The lowest BCUT2D eigenvalue weighted by Crippen LogP contribution is -2.48. The highest BCUT2D eigenvalue weighted by molar-refractivity contribution is 5.92. The molecule has 3 heterocycles. The van der Waals surface area contributed by atoms with Gasteiger partial charge in [0.15, 0.2) is 0 Å². The second-order valence-corrected chi connectivity index (χ2v) is 6.72. The molecule has 25 heavy (non-hydrogen) atoms. The van der Waals surface area contributed by atoms with Crippen LogP contribution in [0.15, 0.2) is 36.5 Å². The maximum atomic E-state index is 12.8. The summed E-state index contributed by atoms with van der Waals surface area (Å²) < 4.78 is 2.14. The van der Waals surface area contributed by atoms with Crippen LogP contribution in [0.2, 0.25) is 0 Å². The highest BCUT2D eigenvalue weighted by Crippen LogP contribution is 2.18. The molecule has 0 N–H and O–H groups in total. The number of likely N-dealkylation sites (N-methyl/N-ethyl adjacent to an activating group) is 1. The molecule has 4 rings (SSSR count). The molecule has 2 aromatic rings. The zero-order valence-electron chi connectivity index (χ0n) is 14.8. The van der Waals surface area contributed by atoms with Crippen molar-refractivity contribution >= 4 is 11.6 Å². The summed E-state index contributed by atoms with van der Waals surface area (Å²) in [5.74, 6) is 1.08. The van der Waals surface area contributed by atoms with Crippen molar-refractivity contribution in [3.8, 4) is 0 Å². The predicted octanol–water partition coefficient (Wildman–Crippen LogP) is 1.68. The average Bonchev–Trinajstić information content (AvgIpc) is 3.11. The van der Waals surface area contributed by atoms with E-state index < -0.39 is 0 Å². The number of carbonyl (C=O) groups excluding carboxylic acids is 1. The first-order valence-corrected chi connectivity index (χ1v) is 9.12. The first kappa shape index (κ1) is 16.1. The van der Waals surface area contributed by atoms with Gasteiger partial charge in [-0.1, -0.05) is 25.1 Å². The molecule has 2 aliphatic rings. The Bertz CT molecular complexity index is 734. The summed E-state index contributed by atoms with van der Waals surface area (Å²) in [6, 6.07) is 10.4. The molecule has 2 aliphatic heterocycles. The van der Waals surface area contributed by atoms with Gasteiger partial charge in [0.05, 0.1) is 6.54 Å². The Labute approximate surface area is 148 Å². The van der Waals surface area contributed by atoms with Gasteiger partial charge in [0, 0.05) is 51.2 Å². The minimum atomic E-state index is 0.0673. The molecule has 6 heteroatoms. The number of carbonyl (C=O) groups is 1. The van der Waals surface area contributed by atoms with Gasteiger partial charge in [-0.15, -0.1) is 0 Å². The maximum Gasteiger partial charge on any atom is 0.274 e. The lowest BCUT2D eigenvalue weighted by molar-refractivity contribution is 0.0741. The number of hydrogen-bond acceptors (Lipinski definition) is 4. The van der Waals surface area contributed by atoms with E-state index in [1.807, 2.05) is 17.2 Å². The molecule has 1 saturated heterocycles. The van der Waals surface area contributed by atoms with Crippen molar-refractivity contribution in [1.82, 2.24) is 19.4 Å². The molecule has 1 aromatic heterocycles. The zero-order chi connectivity index (χ0) is 17.2. The fraction of sp³-hybridized carbons (Fsp3) is 0.474. The smallest absolute Gasteiger partial charge is 0.274 e. The van der Waals surface area contributed by atoms with Gasteiger partial charge < -0.3 is 14.4 Å². The maximum absolute atomic E-state index is 12.8. The third kappa shape index (κ3) is 3.26. The number of hydrogen-bond donors (Lipinski definition) is 0. The standard InChI is InChI=1S/C19H25N5O/c1-2-21-8-9-24-14-17(20-18(24)15-21)19(25)23-12-10-22(11-13-23)16-6-4-3-5-7-16/h3-7,14H,2,8-13,15H2,1H3. The predicted molar refractivity (Wildman–Crippen MR) is 97.7 cm³/mol. The molecular weight excluding hydrogens is 314 g/mol. The monoisotopic (exact) mass is 339 g/mol. The van der Waals surface area contributed by atoms with Crippen LogP contribution < -0.4 is 4.90 Å². The Hall–Kier alpha value is -2.34.